The second kappa shape index (κ2) is 5.36. The monoisotopic (exact) mass is 170 g/mol. The van der Waals surface area contributed by atoms with E-state index in [1.54, 1.807) is 0 Å². The van der Waals surface area contributed by atoms with Gasteiger partial charge in [-0.15, -0.1) is 0 Å². The van der Waals surface area contributed by atoms with Gasteiger partial charge in [0, 0.05) is 0 Å². The number of ether oxygens (including phenoxy) is 1. The first-order chi connectivity index (χ1) is 5.43. The highest BCUT2D eigenvalue weighted by atomic mass is 16.5. The van der Waals surface area contributed by atoms with Gasteiger partial charge in [-0.3, -0.25) is 0 Å². The fourth-order valence-electron chi connectivity index (χ4n) is 1.18. The van der Waals surface area contributed by atoms with E-state index >= 15 is 0 Å². The molecule has 72 valence electrons. The highest BCUT2D eigenvalue weighted by Gasteiger charge is 2.06. The molecule has 1 heteroatoms. The van der Waals surface area contributed by atoms with Crippen LogP contribution in [0.3, 0.4) is 0 Å². The number of allylic oxidation sites excluding steroid dienone is 1. The average molecular weight is 170 g/mol. The summed E-state index contributed by atoms with van der Waals surface area (Å²) in [5, 5.41) is 0. The van der Waals surface area contributed by atoms with Gasteiger partial charge in [-0.05, 0) is 39.2 Å². The van der Waals surface area contributed by atoms with Gasteiger partial charge in [0.25, 0.3) is 0 Å². The second-order valence-corrected chi connectivity index (χ2v) is 3.98. The lowest BCUT2D eigenvalue weighted by molar-refractivity contribution is 0.0393. The van der Waals surface area contributed by atoms with Crippen molar-refractivity contribution >= 4 is 0 Å². The first-order valence-electron chi connectivity index (χ1n) is 4.77. The van der Waals surface area contributed by atoms with E-state index in [9.17, 15) is 0 Å². The van der Waals surface area contributed by atoms with E-state index < -0.39 is 0 Å². The van der Waals surface area contributed by atoms with Gasteiger partial charge in [0.1, 0.15) is 0 Å². The highest BCUT2D eigenvalue weighted by molar-refractivity contribution is 5.04. The van der Waals surface area contributed by atoms with E-state index in [1.807, 2.05) is 0 Å². The highest BCUT2D eigenvalue weighted by Crippen LogP contribution is 2.10. The maximum atomic E-state index is 5.64. The van der Waals surface area contributed by atoms with E-state index in [0.29, 0.717) is 12.0 Å². The van der Waals surface area contributed by atoms with Gasteiger partial charge in [-0.1, -0.05) is 19.9 Å². The Bertz CT molecular complexity index is 145. The molecule has 12 heavy (non-hydrogen) atoms. The molecule has 0 amide bonds. The molecule has 0 aromatic carbocycles. The molecule has 0 fully saturated rings. The van der Waals surface area contributed by atoms with Crippen LogP contribution in [0.15, 0.2) is 11.6 Å². The zero-order valence-corrected chi connectivity index (χ0v) is 9.22. The molecule has 0 bridgehead atoms. The fraction of sp³-hybridized carbons (Fsp3) is 0.818. The summed E-state index contributed by atoms with van der Waals surface area (Å²) in [4.78, 5) is 0. The third-order valence-electron chi connectivity index (χ3n) is 1.71. The van der Waals surface area contributed by atoms with Crippen molar-refractivity contribution in [1.29, 1.82) is 0 Å². The maximum absolute atomic E-state index is 5.64. The van der Waals surface area contributed by atoms with Crippen molar-refractivity contribution in [2.45, 2.75) is 53.8 Å². The van der Waals surface area contributed by atoms with Crippen molar-refractivity contribution in [3.05, 3.63) is 11.6 Å². The molecule has 0 radical (unpaired) electrons. The van der Waals surface area contributed by atoms with Crippen molar-refractivity contribution in [3.63, 3.8) is 0 Å². The van der Waals surface area contributed by atoms with Crippen molar-refractivity contribution in [3.8, 4) is 0 Å². The van der Waals surface area contributed by atoms with Crippen LogP contribution in [-0.4, -0.2) is 12.2 Å². The Morgan fingerprint density at radius 2 is 1.58 bits per heavy atom. The molecule has 0 N–H and O–H groups in total. The summed E-state index contributed by atoms with van der Waals surface area (Å²) in [5.41, 5.74) is 1.33. The standard InChI is InChI=1S/C11H22O/c1-8(2)7-10(5)11(6)12-9(3)4/h7-9,11H,1-6H3/b10-7-. The van der Waals surface area contributed by atoms with Crippen molar-refractivity contribution in [2.24, 2.45) is 5.92 Å². The fourth-order valence-corrected chi connectivity index (χ4v) is 1.18. The number of hydrogen-bond acceptors (Lipinski definition) is 1. The largest absolute Gasteiger partial charge is 0.372 e. The van der Waals surface area contributed by atoms with Crippen LogP contribution >= 0.6 is 0 Å². The maximum Gasteiger partial charge on any atom is 0.0757 e. The molecule has 0 saturated heterocycles. The molecule has 1 atom stereocenters. The van der Waals surface area contributed by atoms with Crippen molar-refractivity contribution < 1.29 is 4.74 Å². The lowest BCUT2D eigenvalue weighted by Gasteiger charge is -2.17. The van der Waals surface area contributed by atoms with E-state index in [-0.39, 0.29) is 6.10 Å². The van der Waals surface area contributed by atoms with Gasteiger partial charge >= 0.3 is 0 Å². The van der Waals surface area contributed by atoms with Crippen LogP contribution in [0.1, 0.15) is 41.5 Å². The minimum atomic E-state index is 0.257. The first kappa shape index (κ1) is 11.7. The quantitative estimate of drug-likeness (QED) is 0.587. The van der Waals surface area contributed by atoms with Crippen LogP contribution in [0.2, 0.25) is 0 Å². The zero-order valence-electron chi connectivity index (χ0n) is 9.22. The second-order valence-electron chi connectivity index (χ2n) is 3.98. The summed E-state index contributed by atoms with van der Waals surface area (Å²) < 4.78 is 5.64. The van der Waals surface area contributed by atoms with Crippen LogP contribution in [0.4, 0.5) is 0 Å². The molecule has 0 aromatic rings. The van der Waals surface area contributed by atoms with E-state index in [0.717, 1.165) is 0 Å². The predicted molar refractivity (Wildman–Crippen MR) is 54.3 cm³/mol. The summed E-state index contributed by atoms with van der Waals surface area (Å²) in [6.07, 6.45) is 2.83. The summed E-state index contributed by atoms with van der Waals surface area (Å²) in [6, 6.07) is 0. The van der Waals surface area contributed by atoms with Gasteiger partial charge in [0.05, 0.1) is 12.2 Å². The Morgan fingerprint density at radius 3 is 1.92 bits per heavy atom. The Hall–Kier alpha value is -0.300. The average Bonchev–Trinajstić information content (AvgIpc) is 1.84. The smallest absolute Gasteiger partial charge is 0.0757 e. The summed E-state index contributed by atoms with van der Waals surface area (Å²) in [6.45, 7) is 12.7. The first-order valence-corrected chi connectivity index (χ1v) is 4.77. The lowest BCUT2D eigenvalue weighted by Crippen LogP contribution is -2.15. The van der Waals surface area contributed by atoms with Crippen molar-refractivity contribution in [1.82, 2.24) is 0 Å². The molecule has 0 aliphatic heterocycles. The van der Waals surface area contributed by atoms with Gasteiger partial charge < -0.3 is 4.74 Å². The number of hydrogen-bond donors (Lipinski definition) is 0. The van der Waals surface area contributed by atoms with E-state index in [1.165, 1.54) is 5.57 Å². The van der Waals surface area contributed by atoms with Gasteiger partial charge in [0.15, 0.2) is 0 Å². The molecule has 0 aromatic heterocycles. The van der Waals surface area contributed by atoms with Crippen LogP contribution in [0, 0.1) is 5.92 Å². The molecule has 1 unspecified atom stereocenters. The Labute approximate surface area is 76.8 Å². The van der Waals surface area contributed by atoms with Crippen LogP contribution < -0.4 is 0 Å². The van der Waals surface area contributed by atoms with Gasteiger partial charge in [-0.2, -0.15) is 0 Å². The topological polar surface area (TPSA) is 9.23 Å². The van der Waals surface area contributed by atoms with Crippen LogP contribution in [0.25, 0.3) is 0 Å². The minimum absolute atomic E-state index is 0.257. The van der Waals surface area contributed by atoms with E-state index in [4.69, 9.17) is 4.74 Å². The zero-order chi connectivity index (χ0) is 9.72. The Kier molecular flexibility index (Phi) is 5.23. The molecule has 0 aliphatic rings. The molecular weight excluding hydrogens is 148 g/mol. The van der Waals surface area contributed by atoms with Crippen molar-refractivity contribution in [2.75, 3.05) is 0 Å². The van der Waals surface area contributed by atoms with Gasteiger partial charge in [-0.25, -0.2) is 0 Å². The Morgan fingerprint density at radius 1 is 1.08 bits per heavy atom. The SMILES string of the molecule is C/C(=C/C(C)C)C(C)OC(C)C. The van der Waals surface area contributed by atoms with E-state index in [2.05, 4.69) is 47.6 Å². The predicted octanol–water partition coefficient (Wildman–Crippen LogP) is 3.40. The van der Waals surface area contributed by atoms with Crippen LogP contribution in [-0.2, 0) is 4.74 Å². The molecule has 0 heterocycles. The number of rotatable bonds is 4. The Balaban J connectivity index is 4.00. The summed E-state index contributed by atoms with van der Waals surface area (Å²) >= 11 is 0. The third-order valence-corrected chi connectivity index (χ3v) is 1.71. The summed E-state index contributed by atoms with van der Waals surface area (Å²) in [5.74, 6) is 0.614. The molecular formula is C11H22O. The molecule has 0 saturated carbocycles. The summed E-state index contributed by atoms with van der Waals surface area (Å²) in [7, 11) is 0. The molecule has 0 spiro atoms. The minimum Gasteiger partial charge on any atom is -0.372 e. The molecule has 0 aliphatic carbocycles. The molecule has 1 nitrogen and oxygen atoms in total. The van der Waals surface area contributed by atoms with Gasteiger partial charge in [0.2, 0.25) is 0 Å². The third kappa shape index (κ3) is 5.36. The normalized spacial score (nSPS) is 15.8. The molecule has 0 rings (SSSR count). The van der Waals surface area contributed by atoms with Crippen LogP contribution in [0.5, 0.6) is 0 Å². The lowest BCUT2D eigenvalue weighted by atomic mass is 10.1.